The number of carbonyl (C=O) groups excluding carboxylic acids is 1. The van der Waals surface area contributed by atoms with Crippen LogP contribution in [0.15, 0.2) is 67.1 Å². The Morgan fingerprint density at radius 1 is 0.931 bits per heavy atom. The van der Waals surface area contributed by atoms with Gasteiger partial charge in [-0.2, -0.15) is 0 Å². The van der Waals surface area contributed by atoms with E-state index in [1.165, 1.54) is 6.33 Å². The smallest absolute Gasteiger partial charge is 0.270 e. The van der Waals surface area contributed by atoms with Crippen molar-refractivity contribution in [3.63, 3.8) is 0 Å². The number of fused-ring (bicyclic) bond motifs is 1. The highest BCUT2D eigenvalue weighted by molar-refractivity contribution is 6.07. The van der Waals surface area contributed by atoms with Crippen LogP contribution in [0.5, 0.6) is 0 Å². The first-order valence-corrected chi connectivity index (χ1v) is 8.96. The molecule has 29 heavy (non-hydrogen) atoms. The van der Waals surface area contributed by atoms with Crippen LogP contribution in [-0.4, -0.2) is 20.9 Å². The normalized spacial score (nSPS) is 10.5. The van der Waals surface area contributed by atoms with E-state index in [0.29, 0.717) is 17.2 Å². The Morgan fingerprint density at radius 3 is 2.55 bits per heavy atom. The Morgan fingerprint density at radius 2 is 1.72 bits per heavy atom. The Bertz CT molecular complexity index is 1170. The quantitative estimate of drug-likeness (QED) is 0.389. The molecular weight excluding hydrogens is 366 g/mol. The van der Waals surface area contributed by atoms with Crippen molar-refractivity contribution in [1.29, 1.82) is 0 Å². The van der Waals surface area contributed by atoms with Crippen LogP contribution >= 0.6 is 0 Å². The number of hydrogen-bond acceptors (Lipinski definition) is 7. The van der Waals surface area contributed by atoms with Gasteiger partial charge < -0.3 is 11.1 Å². The van der Waals surface area contributed by atoms with Gasteiger partial charge in [0.1, 0.15) is 17.8 Å². The maximum absolute atomic E-state index is 12.7. The molecule has 0 atom stereocenters. The van der Waals surface area contributed by atoms with E-state index < -0.39 is 0 Å². The molecule has 0 aliphatic carbocycles. The van der Waals surface area contributed by atoms with E-state index in [1.807, 2.05) is 55.5 Å². The zero-order valence-electron chi connectivity index (χ0n) is 15.7. The summed E-state index contributed by atoms with van der Waals surface area (Å²) in [6, 6.07) is 17.0. The molecule has 0 radical (unpaired) electrons. The summed E-state index contributed by atoms with van der Waals surface area (Å²) in [6.45, 7) is 1.95. The van der Waals surface area contributed by atoms with Gasteiger partial charge in [-0.1, -0.05) is 42.5 Å². The number of benzene rings is 2. The minimum Gasteiger partial charge on any atom is -0.393 e. The number of nitrogen functional groups attached to an aromatic ring is 1. The van der Waals surface area contributed by atoms with E-state index in [0.717, 1.165) is 16.3 Å². The Balaban J connectivity index is 1.51. The summed E-state index contributed by atoms with van der Waals surface area (Å²) >= 11 is 0. The first-order valence-electron chi connectivity index (χ1n) is 8.96. The Labute approximate surface area is 167 Å². The molecule has 2 heterocycles. The van der Waals surface area contributed by atoms with Crippen LogP contribution in [0.4, 0.5) is 23.1 Å². The van der Waals surface area contributed by atoms with Crippen molar-refractivity contribution in [3.8, 4) is 0 Å². The monoisotopic (exact) mass is 385 g/mol. The van der Waals surface area contributed by atoms with Crippen molar-refractivity contribution in [2.75, 3.05) is 16.5 Å². The van der Waals surface area contributed by atoms with Crippen LogP contribution in [0.1, 0.15) is 15.9 Å². The standard InChI is InChI=1S/C21H19N7O/c1-13-9-10-17(23-11-13)26-19-18(22)20(25-12-24-19)27-28-21(29)16-8-4-6-14-5-2-3-7-15(14)16/h2-12H,22H2,1H3,(H,28,29)(H2,23,24,25,26,27). The van der Waals surface area contributed by atoms with Crippen LogP contribution in [-0.2, 0) is 0 Å². The second-order valence-corrected chi connectivity index (χ2v) is 6.44. The molecule has 5 N–H and O–H groups in total. The number of rotatable bonds is 5. The van der Waals surface area contributed by atoms with E-state index in [-0.39, 0.29) is 17.4 Å². The first kappa shape index (κ1) is 18.2. The van der Waals surface area contributed by atoms with Crippen molar-refractivity contribution in [3.05, 3.63) is 78.2 Å². The van der Waals surface area contributed by atoms with E-state index >= 15 is 0 Å². The number of nitrogens with two attached hydrogens (primary N) is 1. The van der Waals surface area contributed by atoms with Crippen LogP contribution in [0.3, 0.4) is 0 Å². The lowest BCUT2D eigenvalue weighted by molar-refractivity contribution is 0.0964. The summed E-state index contributed by atoms with van der Waals surface area (Å²) in [4.78, 5) is 25.2. The van der Waals surface area contributed by atoms with Crippen molar-refractivity contribution in [2.24, 2.45) is 0 Å². The minimum absolute atomic E-state index is 0.257. The second kappa shape index (κ2) is 7.81. The van der Waals surface area contributed by atoms with Crippen molar-refractivity contribution in [2.45, 2.75) is 6.92 Å². The molecule has 2 aromatic carbocycles. The predicted octanol–water partition coefficient (Wildman–Crippen LogP) is 3.42. The summed E-state index contributed by atoms with van der Waals surface area (Å²) in [7, 11) is 0. The maximum Gasteiger partial charge on any atom is 0.270 e. The van der Waals surface area contributed by atoms with Gasteiger partial charge in [-0.15, -0.1) is 0 Å². The van der Waals surface area contributed by atoms with Crippen molar-refractivity contribution < 1.29 is 4.79 Å². The Hall–Kier alpha value is -4.20. The van der Waals surface area contributed by atoms with Gasteiger partial charge in [-0.3, -0.25) is 15.6 Å². The minimum atomic E-state index is -0.297. The van der Waals surface area contributed by atoms with Crippen LogP contribution in [0.25, 0.3) is 10.8 Å². The van der Waals surface area contributed by atoms with E-state index in [2.05, 4.69) is 31.1 Å². The molecule has 0 spiro atoms. The predicted molar refractivity (Wildman–Crippen MR) is 114 cm³/mol. The fourth-order valence-corrected chi connectivity index (χ4v) is 2.86. The Kier molecular flexibility index (Phi) is 4.90. The maximum atomic E-state index is 12.7. The van der Waals surface area contributed by atoms with E-state index in [1.54, 1.807) is 12.3 Å². The second-order valence-electron chi connectivity index (χ2n) is 6.44. The molecule has 144 valence electrons. The fraction of sp³-hybridized carbons (Fsp3) is 0.0476. The van der Waals surface area contributed by atoms with Crippen molar-refractivity contribution in [1.82, 2.24) is 20.4 Å². The molecule has 2 aromatic heterocycles. The largest absolute Gasteiger partial charge is 0.393 e. The highest BCUT2D eigenvalue weighted by atomic mass is 16.2. The molecule has 0 unspecified atom stereocenters. The molecule has 4 rings (SSSR count). The molecule has 0 bridgehead atoms. The number of pyridine rings is 1. The van der Waals surface area contributed by atoms with Crippen LogP contribution in [0, 0.1) is 6.92 Å². The SMILES string of the molecule is Cc1ccc(Nc2ncnc(NNC(=O)c3cccc4ccccc34)c2N)nc1. The topological polar surface area (TPSA) is 118 Å². The molecular formula is C21H19N7O. The number of amides is 1. The molecule has 0 aliphatic heterocycles. The molecule has 1 amide bonds. The van der Waals surface area contributed by atoms with Gasteiger partial charge in [0, 0.05) is 11.8 Å². The number of hydrazine groups is 1. The highest BCUT2D eigenvalue weighted by Gasteiger charge is 2.12. The molecule has 0 fully saturated rings. The van der Waals surface area contributed by atoms with E-state index in [9.17, 15) is 4.79 Å². The third-order valence-electron chi connectivity index (χ3n) is 4.37. The molecule has 4 aromatic rings. The number of aryl methyl sites for hydroxylation is 1. The molecule has 8 heteroatoms. The summed E-state index contributed by atoms with van der Waals surface area (Å²) in [5.41, 5.74) is 13.4. The third kappa shape index (κ3) is 3.91. The highest BCUT2D eigenvalue weighted by Crippen LogP contribution is 2.25. The third-order valence-corrected chi connectivity index (χ3v) is 4.37. The van der Waals surface area contributed by atoms with Gasteiger partial charge in [-0.25, -0.2) is 15.0 Å². The summed E-state index contributed by atoms with van der Waals surface area (Å²) in [5, 5.41) is 4.89. The summed E-state index contributed by atoms with van der Waals surface area (Å²) in [5.74, 6) is 0.975. The number of carbonyl (C=O) groups is 1. The number of aromatic nitrogens is 3. The zero-order valence-corrected chi connectivity index (χ0v) is 15.7. The van der Waals surface area contributed by atoms with Gasteiger partial charge in [-0.05, 0) is 35.4 Å². The van der Waals surface area contributed by atoms with Crippen LogP contribution < -0.4 is 21.9 Å². The lowest BCUT2D eigenvalue weighted by atomic mass is 10.0. The average Bonchev–Trinajstić information content (AvgIpc) is 2.75. The number of nitrogens with zero attached hydrogens (tertiary/aromatic N) is 3. The fourth-order valence-electron chi connectivity index (χ4n) is 2.86. The van der Waals surface area contributed by atoms with Gasteiger partial charge in [0.15, 0.2) is 11.6 Å². The van der Waals surface area contributed by atoms with Gasteiger partial charge in [0.25, 0.3) is 5.91 Å². The zero-order chi connectivity index (χ0) is 20.2. The van der Waals surface area contributed by atoms with Gasteiger partial charge >= 0.3 is 0 Å². The molecule has 0 saturated carbocycles. The lowest BCUT2D eigenvalue weighted by Gasteiger charge is -2.13. The van der Waals surface area contributed by atoms with Crippen LogP contribution in [0.2, 0.25) is 0 Å². The van der Waals surface area contributed by atoms with Crippen molar-refractivity contribution >= 4 is 39.8 Å². The van der Waals surface area contributed by atoms with Gasteiger partial charge in [0.2, 0.25) is 0 Å². The summed E-state index contributed by atoms with van der Waals surface area (Å²) < 4.78 is 0. The number of hydrogen-bond donors (Lipinski definition) is 4. The van der Waals surface area contributed by atoms with E-state index in [4.69, 9.17) is 5.73 Å². The van der Waals surface area contributed by atoms with Gasteiger partial charge in [0.05, 0.1) is 0 Å². The average molecular weight is 385 g/mol. The molecule has 0 saturated heterocycles. The molecule has 8 nitrogen and oxygen atoms in total. The lowest BCUT2D eigenvalue weighted by Crippen LogP contribution is -2.30. The summed E-state index contributed by atoms with van der Waals surface area (Å²) in [6.07, 6.45) is 3.09. The first-order chi connectivity index (χ1) is 14.1. The number of anilines is 4. The molecule has 0 aliphatic rings. The number of nitrogens with one attached hydrogen (secondary N) is 3.